The summed E-state index contributed by atoms with van der Waals surface area (Å²) in [6.45, 7) is 9.91. The van der Waals surface area contributed by atoms with E-state index in [2.05, 4.69) is 125 Å². The van der Waals surface area contributed by atoms with Gasteiger partial charge < -0.3 is 0 Å². The molecule has 4 aromatic carbocycles. The van der Waals surface area contributed by atoms with E-state index in [1.54, 1.807) is 0 Å². The summed E-state index contributed by atoms with van der Waals surface area (Å²) in [5.41, 5.74) is 11.4. The van der Waals surface area contributed by atoms with Crippen LogP contribution in [0.1, 0.15) is 62.8 Å². The highest BCUT2D eigenvalue weighted by atomic mass is 14.6. The number of fused-ring (bicyclic) bond motifs is 6. The number of hydrogen-bond acceptors (Lipinski definition) is 0. The van der Waals surface area contributed by atoms with Crippen LogP contribution in [0, 0.1) is 5.41 Å². The molecule has 0 radical (unpaired) electrons. The van der Waals surface area contributed by atoms with Gasteiger partial charge >= 0.3 is 0 Å². The van der Waals surface area contributed by atoms with E-state index in [4.69, 9.17) is 0 Å². The maximum Gasteiger partial charge on any atom is 0.0275 e. The smallest absolute Gasteiger partial charge is 0.0275 e. The molecule has 0 atom stereocenters. The molecule has 0 saturated heterocycles. The fourth-order valence-corrected chi connectivity index (χ4v) is 8.01. The van der Waals surface area contributed by atoms with Gasteiger partial charge in [-0.15, -0.1) is 0 Å². The van der Waals surface area contributed by atoms with E-state index >= 15 is 0 Å². The molecule has 164 valence electrons. The van der Waals surface area contributed by atoms with Crippen molar-refractivity contribution in [2.24, 2.45) is 5.41 Å². The maximum atomic E-state index is 2.55. The summed E-state index contributed by atoms with van der Waals surface area (Å²) >= 11 is 0. The number of hydrogen-bond donors (Lipinski definition) is 0. The Labute approximate surface area is 198 Å². The first-order chi connectivity index (χ1) is 16.0. The van der Waals surface area contributed by atoms with E-state index in [0.717, 1.165) is 12.8 Å². The quantitative estimate of drug-likeness (QED) is 0.305. The Balaban J connectivity index is 1.75. The van der Waals surface area contributed by atoms with Crippen LogP contribution in [-0.4, -0.2) is 0 Å². The monoisotopic (exact) mass is 428 g/mol. The summed E-state index contributed by atoms with van der Waals surface area (Å²) in [5, 5.41) is 0. The Morgan fingerprint density at radius 1 is 0.455 bits per heavy atom. The number of benzene rings is 4. The fourth-order valence-electron chi connectivity index (χ4n) is 8.01. The van der Waals surface area contributed by atoms with Crippen LogP contribution < -0.4 is 0 Å². The van der Waals surface area contributed by atoms with Crippen LogP contribution in [-0.2, 0) is 10.8 Å². The third-order valence-corrected chi connectivity index (χ3v) is 9.32. The zero-order valence-electron chi connectivity index (χ0n) is 20.2. The minimum absolute atomic E-state index is 0.0745. The van der Waals surface area contributed by atoms with Gasteiger partial charge in [0.25, 0.3) is 0 Å². The molecule has 0 heterocycles. The van der Waals surface area contributed by atoms with Gasteiger partial charge in [-0.1, -0.05) is 125 Å². The second kappa shape index (κ2) is 6.94. The predicted molar refractivity (Wildman–Crippen MR) is 140 cm³/mol. The molecule has 0 amide bonds. The van der Waals surface area contributed by atoms with Gasteiger partial charge in [-0.3, -0.25) is 0 Å². The lowest BCUT2D eigenvalue weighted by atomic mass is 9.45. The van der Waals surface area contributed by atoms with E-state index in [1.165, 1.54) is 44.5 Å². The predicted octanol–water partition coefficient (Wildman–Crippen LogP) is 8.77. The lowest BCUT2D eigenvalue weighted by Crippen LogP contribution is -2.54. The molecule has 2 aliphatic carbocycles. The lowest BCUT2D eigenvalue weighted by molar-refractivity contribution is 0.0951. The van der Waals surface area contributed by atoms with Crippen LogP contribution in [0.25, 0.3) is 22.3 Å². The molecule has 0 heteroatoms. The molecule has 4 aromatic rings. The van der Waals surface area contributed by atoms with E-state index < -0.39 is 0 Å². The third-order valence-electron chi connectivity index (χ3n) is 9.32. The van der Waals surface area contributed by atoms with E-state index in [9.17, 15) is 0 Å². The summed E-state index contributed by atoms with van der Waals surface area (Å²) in [4.78, 5) is 0. The fraction of sp³-hybridized carbons (Fsp3) is 0.273. The lowest BCUT2D eigenvalue weighted by Gasteiger charge is -2.56. The Morgan fingerprint density at radius 2 is 0.697 bits per heavy atom. The van der Waals surface area contributed by atoms with Crippen LogP contribution in [0.15, 0.2) is 97.1 Å². The molecule has 0 unspecified atom stereocenters. The highest BCUT2D eigenvalue weighted by Gasteiger charge is 2.63. The first-order valence-corrected chi connectivity index (χ1v) is 12.4. The average Bonchev–Trinajstić information content (AvgIpc) is 3.33. The van der Waals surface area contributed by atoms with Crippen molar-refractivity contribution in [1.82, 2.24) is 0 Å². The van der Waals surface area contributed by atoms with Crippen LogP contribution >= 0.6 is 0 Å². The van der Waals surface area contributed by atoms with Gasteiger partial charge in [-0.05, 0) is 62.8 Å². The van der Waals surface area contributed by atoms with Gasteiger partial charge in [0.1, 0.15) is 0 Å². The molecular formula is C33H32. The van der Waals surface area contributed by atoms with Crippen molar-refractivity contribution in [3.8, 4) is 22.3 Å². The zero-order chi connectivity index (χ0) is 22.8. The van der Waals surface area contributed by atoms with Gasteiger partial charge in [-0.2, -0.15) is 0 Å². The zero-order valence-corrected chi connectivity index (χ0v) is 20.2. The molecule has 0 bridgehead atoms. The van der Waals surface area contributed by atoms with E-state index in [1.807, 2.05) is 0 Å². The molecule has 0 N–H and O–H groups in total. The van der Waals surface area contributed by atoms with Crippen molar-refractivity contribution < 1.29 is 0 Å². The highest BCUT2D eigenvalue weighted by Crippen LogP contribution is 2.69. The summed E-state index contributed by atoms with van der Waals surface area (Å²) in [6, 6.07) is 36.7. The highest BCUT2D eigenvalue weighted by molar-refractivity contribution is 5.85. The van der Waals surface area contributed by atoms with Crippen molar-refractivity contribution in [3.63, 3.8) is 0 Å². The first kappa shape index (κ1) is 20.5. The SMILES string of the molecule is CCC1(C(C)(C)C2(CC)c3ccccc3-c3ccccc32)c2ccccc2-c2ccccc21. The van der Waals surface area contributed by atoms with Crippen molar-refractivity contribution in [1.29, 1.82) is 0 Å². The molecule has 0 aliphatic heterocycles. The molecule has 0 nitrogen and oxygen atoms in total. The Morgan fingerprint density at radius 3 is 0.939 bits per heavy atom. The van der Waals surface area contributed by atoms with Gasteiger partial charge in [0.2, 0.25) is 0 Å². The first-order valence-electron chi connectivity index (χ1n) is 12.4. The average molecular weight is 429 g/mol. The van der Waals surface area contributed by atoms with Crippen molar-refractivity contribution in [2.45, 2.75) is 51.4 Å². The summed E-state index contributed by atoms with van der Waals surface area (Å²) in [7, 11) is 0. The van der Waals surface area contributed by atoms with E-state index in [0.29, 0.717) is 0 Å². The minimum Gasteiger partial charge on any atom is -0.0642 e. The van der Waals surface area contributed by atoms with Gasteiger partial charge in [0.15, 0.2) is 0 Å². The Bertz CT molecular complexity index is 1170. The molecule has 6 rings (SSSR count). The molecule has 0 spiro atoms. The summed E-state index contributed by atoms with van der Waals surface area (Å²) in [6.07, 6.45) is 2.14. The normalized spacial score (nSPS) is 16.6. The topological polar surface area (TPSA) is 0 Å². The molecule has 0 aromatic heterocycles. The molecule has 2 aliphatic rings. The van der Waals surface area contributed by atoms with Gasteiger partial charge in [0.05, 0.1) is 0 Å². The van der Waals surface area contributed by atoms with Gasteiger partial charge in [0, 0.05) is 10.8 Å². The standard InChI is InChI=1S/C33H32/c1-5-32(27-19-11-7-15-23(27)24-16-8-12-20-28(24)32)31(3,4)33(6-2)29-21-13-9-17-25(29)26-18-10-14-22-30(26)33/h7-22H,5-6H2,1-4H3. The Hall–Kier alpha value is -3.12. The van der Waals surface area contributed by atoms with Crippen LogP contribution in [0.5, 0.6) is 0 Å². The maximum absolute atomic E-state index is 2.55. The van der Waals surface area contributed by atoms with Crippen LogP contribution in [0.4, 0.5) is 0 Å². The van der Waals surface area contributed by atoms with Gasteiger partial charge in [-0.25, -0.2) is 0 Å². The van der Waals surface area contributed by atoms with Crippen molar-refractivity contribution >= 4 is 0 Å². The minimum atomic E-state index is -0.0826. The molecule has 0 saturated carbocycles. The second-order valence-corrected chi connectivity index (χ2v) is 10.3. The largest absolute Gasteiger partial charge is 0.0642 e. The summed E-state index contributed by atoms with van der Waals surface area (Å²) < 4.78 is 0. The number of rotatable bonds is 4. The molecule has 0 fully saturated rings. The van der Waals surface area contributed by atoms with Crippen LogP contribution in [0.2, 0.25) is 0 Å². The Kier molecular flexibility index (Phi) is 4.31. The molecule has 33 heavy (non-hydrogen) atoms. The summed E-state index contributed by atoms with van der Waals surface area (Å²) in [5.74, 6) is 0. The van der Waals surface area contributed by atoms with Crippen molar-refractivity contribution in [2.75, 3.05) is 0 Å². The third kappa shape index (κ3) is 2.22. The van der Waals surface area contributed by atoms with Crippen molar-refractivity contribution in [3.05, 3.63) is 119 Å². The van der Waals surface area contributed by atoms with E-state index in [-0.39, 0.29) is 16.2 Å². The second-order valence-electron chi connectivity index (χ2n) is 10.3. The molecular weight excluding hydrogens is 396 g/mol. The van der Waals surface area contributed by atoms with Crippen LogP contribution in [0.3, 0.4) is 0 Å².